The van der Waals surface area contributed by atoms with Gasteiger partial charge in [0.2, 0.25) is 0 Å². The Bertz CT molecular complexity index is 327. The highest BCUT2D eigenvalue weighted by atomic mass is 35.5. The second kappa shape index (κ2) is 3.55. The fourth-order valence-corrected chi connectivity index (χ4v) is 1.76. The van der Waals surface area contributed by atoms with Crippen LogP contribution in [0.15, 0.2) is 29.8 Å². The second-order valence-electron chi connectivity index (χ2n) is 3.59. The van der Waals surface area contributed by atoms with Crippen LogP contribution in [0, 0.1) is 0 Å². The molecule has 1 saturated carbocycles. The van der Waals surface area contributed by atoms with Crippen molar-refractivity contribution in [1.29, 1.82) is 0 Å². The van der Waals surface area contributed by atoms with E-state index in [1.54, 1.807) is 5.57 Å². The molecule has 1 heteroatoms. The highest BCUT2D eigenvalue weighted by molar-refractivity contribution is 6.30. The van der Waals surface area contributed by atoms with Crippen LogP contribution < -0.4 is 0 Å². The van der Waals surface area contributed by atoms with Crippen LogP contribution in [0.1, 0.15) is 31.7 Å². The lowest BCUT2D eigenvalue weighted by molar-refractivity contribution is 0.665. The topological polar surface area (TPSA) is 0 Å². The first-order chi connectivity index (χ1) is 6.27. The highest BCUT2D eigenvalue weighted by Gasteiger charge is 2.12. The molecular weight excluding hydrogens is 180 g/mol. The van der Waals surface area contributed by atoms with E-state index in [0.29, 0.717) is 0 Å². The van der Waals surface area contributed by atoms with Crippen LogP contribution in [0.5, 0.6) is 0 Å². The summed E-state index contributed by atoms with van der Waals surface area (Å²) >= 11 is 5.83. The van der Waals surface area contributed by atoms with Crippen LogP contribution in [-0.4, -0.2) is 0 Å². The van der Waals surface area contributed by atoms with Gasteiger partial charge in [-0.25, -0.2) is 0 Å². The zero-order valence-electron chi connectivity index (χ0n) is 7.81. The van der Waals surface area contributed by atoms with Crippen molar-refractivity contribution in [1.82, 2.24) is 0 Å². The fraction of sp³-hybridized carbons (Fsp3) is 0.333. The molecule has 0 nitrogen and oxygen atoms in total. The molecule has 1 aliphatic carbocycles. The van der Waals surface area contributed by atoms with Crippen molar-refractivity contribution in [3.05, 3.63) is 40.4 Å². The molecule has 0 amide bonds. The minimum absolute atomic E-state index is 0.815. The minimum atomic E-state index is 0.815. The Morgan fingerprint density at radius 3 is 2.23 bits per heavy atom. The zero-order valence-corrected chi connectivity index (χ0v) is 8.56. The van der Waals surface area contributed by atoms with Gasteiger partial charge in [-0.2, -0.15) is 0 Å². The maximum atomic E-state index is 5.83. The monoisotopic (exact) mass is 192 g/mol. The van der Waals surface area contributed by atoms with Gasteiger partial charge in [0.25, 0.3) is 0 Å². The second-order valence-corrected chi connectivity index (χ2v) is 4.03. The quantitative estimate of drug-likeness (QED) is 0.623. The number of allylic oxidation sites excluding steroid dienone is 2. The summed E-state index contributed by atoms with van der Waals surface area (Å²) in [6.07, 6.45) is 3.93. The molecule has 0 radical (unpaired) electrons. The van der Waals surface area contributed by atoms with Crippen LogP contribution in [0.25, 0.3) is 5.57 Å². The lowest BCUT2D eigenvalue weighted by atomic mass is 9.86. The zero-order chi connectivity index (χ0) is 9.26. The Morgan fingerprint density at radius 2 is 1.77 bits per heavy atom. The number of hydrogen-bond donors (Lipinski definition) is 0. The molecule has 1 aliphatic rings. The van der Waals surface area contributed by atoms with Crippen LogP contribution >= 0.6 is 11.6 Å². The van der Waals surface area contributed by atoms with E-state index < -0.39 is 0 Å². The first-order valence-corrected chi connectivity index (χ1v) is 5.10. The molecule has 0 saturated heterocycles. The van der Waals surface area contributed by atoms with Crippen LogP contribution in [0.4, 0.5) is 0 Å². The van der Waals surface area contributed by atoms with Crippen molar-refractivity contribution in [2.24, 2.45) is 0 Å². The van der Waals surface area contributed by atoms with Gasteiger partial charge in [0, 0.05) is 5.02 Å². The molecule has 0 spiro atoms. The normalized spacial score (nSPS) is 15.4. The average Bonchev–Trinajstić information content (AvgIpc) is 2.02. The van der Waals surface area contributed by atoms with Crippen LogP contribution in [-0.2, 0) is 0 Å². The van der Waals surface area contributed by atoms with Gasteiger partial charge in [-0.05, 0) is 49.5 Å². The first-order valence-electron chi connectivity index (χ1n) is 4.72. The molecule has 0 aromatic heterocycles. The molecule has 13 heavy (non-hydrogen) atoms. The molecule has 0 atom stereocenters. The molecule has 0 N–H and O–H groups in total. The standard InChI is InChI=1S/C12H13Cl/c1-9(10-3-2-4-10)11-5-7-12(13)8-6-11/h5-8H,2-4H2,1H3. The number of hydrogen-bond acceptors (Lipinski definition) is 0. The summed E-state index contributed by atoms with van der Waals surface area (Å²) in [5.41, 5.74) is 4.38. The van der Waals surface area contributed by atoms with Crippen LogP contribution in [0.3, 0.4) is 0 Å². The van der Waals surface area contributed by atoms with E-state index in [4.69, 9.17) is 11.6 Å². The molecule has 1 aromatic carbocycles. The van der Waals surface area contributed by atoms with E-state index >= 15 is 0 Å². The Hall–Kier alpha value is -0.750. The van der Waals surface area contributed by atoms with E-state index in [9.17, 15) is 0 Å². The third kappa shape index (κ3) is 1.78. The first kappa shape index (κ1) is 8.83. The molecule has 0 unspecified atom stereocenters. The van der Waals surface area contributed by atoms with E-state index in [1.807, 2.05) is 12.1 Å². The Labute approximate surface area is 84.2 Å². The predicted octanol–water partition coefficient (Wildman–Crippen LogP) is 4.30. The van der Waals surface area contributed by atoms with Gasteiger partial charge in [-0.15, -0.1) is 0 Å². The van der Waals surface area contributed by atoms with Crippen molar-refractivity contribution >= 4 is 17.2 Å². The summed E-state index contributed by atoms with van der Waals surface area (Å²) in [6, 6.07) is 8.12. The third-order valence-electron chi connectivity index (χ3n) is 2.76. The summed E-state index contributed by atoms with van der Waals surface area (Å²) in [5, 5.41) is 0.815. The predicted molar refractivity (Wildman–Crippen MR) is 57.9 cm³/mol. The lowest BCUT2D eigenvalue weighted by Crippen LogP contribution is -1.99. The molecular formula is C12H13Cl. The Morgan fingerprint density at radius 1 is 1.15 bits per heavy atom. The van der Waals surface area contributed by atoms with Gasteiger partial charge < -0.3 is 0 Å². The Balaban J connectivity index is 2.30. The van der Waals surface area contributed by atoms with Gasteiger partial charge in [-0.1, -0.05) is 29.3 Å². The van der Waals surface area contributed by atoms with Gasteiger partial charge in [-0.3, -0.25) is 0 Å². The van der Waals surface area contributed by atoms with Crippen molar-refractivity contribution < 1.29 is 0 Å². The van der Waals surface area contributed by atoms with E-state index in [1.165, 1.54) is 30.4 Å². The lowest BCUT2D eigenvalue weighted by Gasteiger charge is -2.20. The van der Waals surface area contributed by atoms with Gasteiger partial charge in [0.15, 0.2) is 0 Å². The molecule has 1 aromatic rings. The van der Waals surface area contributed by atoms with E-state index in [-0.39, 0.29) is 0 Å². The largest absolute Gasteiger partial charge is 0.0843 e. The van der Waals surface area contributed by atoms with Crippen molar-refractivity contribution in [3.8, 4) is 0 Å². The van der Waals surface area contributed by atoms with Gasteiger partial charge in [0.05, 0.1) is 0 Å². The third-order valence-corrected chi connectivity index (χ3v) is 3.02. The molecule has 0 bridgehead atoms. The molecule has 2 rings (SSSR count). The molecule has 1 fully saturated rings. The van der Waals surface area contributed by atoms with E-state index in [2.05, 4.69) is 19.1 Å². The maximum Gasteiger partial charge on any atom is 0.0406 e. The average molecular weight is 193 g/mol. The number of rotatable bonds is 1. The van der Waals surface area contributed by atoms with Crippen molar-refractivity contribution in [2.75, 3.05) is 0 Å². The maximum absolute atomic E-state index is 5.83. The van der Waals surface area contributed by atoms with Gasteiger partial charge >= 0.3 is 0 Å². The summed E-state index contributed by atoms with van der Waals surface area (Å²) in [4.78, 5) is 0. The molecule has 0 aliphatic heterocycles. The Kier molecular flexibility index (Phi) is 2.41. The minimum Gasteiger partial charge on any atom is -0.0843 e. The highest BCUT2D eigenvalue weighted by Crippen LogP contribution is 2.33. The van der Waals surface area contributed by atoms with Crippen molar-refractivity contribution in [3.63, 3.8) is 0 Å². The number of halogens is 1. The summed E-state index contributed by atoms with van der Waals surface area (Å²) in [6.45, 7) is 2.21. The molecule has 0 heterocycles. The smallest absolute Gasteiger partial charge is 0.0406 e. The van der Waals surface area contributed by atoms with E-state index in [0.717, 1.165) is 5.02 Å². The fourth-order valence-electron chi connectivity index (χ4n) is 1.63. The number of benzene rings is 1. The SMILES string of the molecule is CC(=C1CCC1)c1ccc(Cl)cc1. The summed E-state index contributed by atoms with van der Waals surface area (Å²) < 4.78 is 0. The summed E-state index contributed by atoms with van der Waals surface area (Å²) in [7, 11) is 0. The van der Waals surface area contributed by atoms with Gasteiger partial charge in [0.1, 0.15) is 0 Å². The van der Waals surface area contributed by atoms with Crippen molar-refractivity contribution in [2.45, 2.75) is 26.2 Å². The summed E-state index contributed by atoms with van der Waals surface area (Å²) in [5.74, 6) is 0. The molecule has 68 valence electrons. The van der Waals surface area contributed by atoms with Crippen LogP contribution in [0.2, 0.25) is 5.02 Å².